The maximum Gasteiger partial charge on any atom is 0.250 e. The molecule has 0 aliphatic carbocycles. The molecule has 0 spiro atoms. The van der Waals surface area contributed by atoms with Crippen LogP contribution in [0.1, 0.15) is 26.7 Å². The quantitative estimate of drug-likeness (QED) is 0.833. The largest absolute Gasteiger partial charge is 0.337 e. The van der Waals surface area contributed by atoms with Gasteiger partial charge in [-0.05, 0) is 37.1 Å². The summed E-state index contributed by atoms with van der Waals surface area (Å²) in [6.07, 6.45) is 1.79. The van der Waals surface area contributed by atoms with Crippen molar-refractivity contribution >= 4 is 27.3 Å². The lowest BCUT2D eigenvalue weighted by Crippen LogP contribution is -2.55. The minimum absolute atomic E-state index is 0.00931. The highest BCUT2D eigenvalue weighted by molar-refractivity contribution is 7.91. The third kappa shape index (κ3) is 3.87. The number of hydrogen-bond acceptors (Lipinski definition) is 5. The number of carbonyl (C=O) groups excluding carboxylic acids is 1. The standard InChI is InChI=1S/C14H23N3O3S2/c1-10-5-6-17(12(8-10)9-15)14(18)11(2)16-22(19,20)13-4-3-7-21-13/h3-4,7,10-12,16H,5-6,8-9,15H2,1-2H3. The predicted molar refractivity (Wildman–Crippen MR) is 87.1 cm³/mol. The van der Waals surface area contributed by atoms with Crippen LogP contribution in [0.4, 0.5) is 0 Å². The Kier molecular flexibility index (Phi) is 5.60. The molecule has 1 aromatic rings. The van der Waals surface area contributed by atoms with Crippen molar-refractivity contribution in [2.75, 3.05) is 13.1 Å². The number of carbonyl (C=O) groups is 1. The van der Waals surface area contributed by atoms with Crippen LogP contribution in [0.25, 0.3) is 0 Å². The van der Waals surface area contributed by atoms with E-state index in [1.807, 2.05) is 0 Å². The van der Waals surface area contributed by atoms with Crippen LogP contribution < -0.4 is 10.5 Å². The summed E-state index contributed by atoms with van der Waals surface area (Å²) in [6, 6.07) is 2.39. The van der Waals surface area contributed by atoms with E-state index in [0.717, 1.165) is 24.2 Å². The van der Waals surface area contributed by atoms with Crippen LogP contribution in [0.2, 0.25) is 0 Å². The number of thiophene rings is 1. The van der Waals surface area contributed by atoms with Gasteiger partial charge >= 0.3 is 0 Å². The first-order valence-electron chi connectivity index (χ1n) is 7.41. The lowest BCUT2D eigenvalue weighted by molar-refractivity contribution is -0.136. The molecule has 22 heavy (non-hydrogen) atoms. The molecule has 3 N–H and O–H groups in total. The molecule has 0 aromatic carbocycles. The van der Waals surface area contributed by atoms with Gasteiger partial charge in [0, 0.05) is 19.1 Å². The molecular formula is C14H23N3O3S2. The van der Waals surface area contributed by atoms with Gasteiger partial charge in [-0.25, -0.2) is 8.42 Å². The minimum Gasteiger partial charge on any atom is -0.337 e. The van der Waals surface area contributed by atoms with Crippen molar-refractivity contribution in [2.24, 2.45) is 11.7 Å². The number of likely N-dealkylation sites (tertiary alicyclic amines) is 1. The zero-order valence-corrected chi connectivity index (χ0v) is 14.5. The summed E-state index contributed by atoms with van der Waals surface area (Å²) < 4.78 is 27.1. The van der Waals surface area contributed by atoms with Gasteiger partial charge in [-0.3, -0.25) is 4.79 Å². The van der Waals surface area contributed by atoms with Crippen molar-refractivity contribution in [1.29, 1.82) is 0 Å². The molecule has 0 bridgehead atoms. The molecule has 0 saturated carbocycles. The maximum absolute atomic E-state index is 12.6. The number of hydrogen-bond donors (Lipinski definition) is 2. The summed E-state index contributed by atoms with van der Waals surface area (Å²) in [6.45, 7) is 4.76. The van der Waals surface area contributed by atoms with E-state index in [-0.39, 0.29) is 16.2 Å². The van der Waals surface area contributed by atoms with Gasteiger partial charge in [-0.1, -0.05) is 13.0 Å². The summed E-state index contributed by atoms with van der Waals surface area (Å²) in [4.78, 5) is 14.3. The van der Waals surface area contributed by atoms with Gasteiger partial charge in [-0.15, -0.1) is 11.3 Å². The SMILES string of the molecule is CC1CCN(C(=O)C(C)NS(=O)(=O)c2cccs2)C(CN)C1. The highest BCUT2D eigenvalue weighted by Crippen LogP contribution is 2.23. The molecule has 1 aliphatic rings. The van der Waals surface area contributed by atoms with Crippen LogP contribution in [-0.4, -0.2) is 44.4 Å². The second-order valence-corrected chi connectivity index (χ2v) is 8.71. The number of nitrogens with two attached hydrogens (primary N) is 1. The monoisotopic (exact) mass is 345 g/mol. The fourth-order valence-electron chi connectivity index (χ4n) is 2.77. The first kappa shape index (κ1) is 17.4. The van der Waals surface area contributed by atoms with E-state index in [0.29, 0.717) is 19.0 Å². The first-order chi connectivity index (χ1) is 10.3. The highest BCUT2D eigenvalue weighted by Gasteiger charge is 2.33. The van der Waals surface area contributed by atoms with Gasteiger partial charge in [0.2, 0.25) is 5.91 Å². The number of rotatable bonds is 5. The summed E-state index contributed by atoms with van der Waals surface area (Å²) in [5.74, 6) is 0.332. The van der Waals surface area contributed by atoms with E-state index in [9.17, 15) is 13.2 Å². The van der Waals surface area contributed by atoms with Gasteiger partial charge in [0.15, 0.2) is 0 Å². The van der Waals surface area contributed by atoms with Crippen LogP contribution in [0.5, 0.6) is 0 Å². The van der Waals surface area contributed by atoms with Crippen LogP contribution in [0, 0.1) is 5.92 Å². The van der Waals surface area contributed by atoms with Gasteiger partial charge in [-0.2, -0.15) is 4.72 Å². The van der Waals surface area contributed by atoms with Crippen LogP contribution >= 0.6 is 11.3 Å². The van der Waals surface area contributed by atoms with Crippen molar-refractivity contribution in [2.45, 2.75) is 43.0 Å². The first-order valence-corrected chi connectivity index (χ1v) is 9.78. The normalized spacial score (nSPS) is 24.2. The highest BCUT2D eigenvalue weighted by atomic mass is 32.2. The number of piperidine rings is 1. The molecule has 8 heteroatoms. The summed E-state index contributed by atoms with van der Waals surface area (Å²) in [5, 5.41) is 1.69. The Labute approximate surface area is 135 Å². The Hall–Kier alpha value is -0.960. The Bertz CT molecular complexity index is 601. The molecule has 1 aromatic heterocycles. The Balaban J connectivity index is 2.06. The number of amides is 1. The third-order valence-corrected chi connectivity index (χ3v) is 6.93. The van der Waals surface area contributed by atoms with Crippen molar-refractivity contribution in [3.8, 4) is 0 Å². The van der Waals surface area contributed by atoms with Crippen molar-refractivity contribution in [1.82, 2.24) is 9.62 Å². The summed E-state index contributed by atoms with van der Waals surface area (Å²) in [5.41, 5.74) is 5.77. The minimum atomic E-state index is -3.65. The molecule has 1 fully saturated rings. The van der Waals surface area contributed by atoms with E-state index in [1.54, 1.807) is 23.3 Å². The van der Waals surface area contributed by atoms with Gasteiger partial charge in [0.1, 0.15) is 4.21 Å². The molecular weight excluding hydrogens is 322 g/mol. The summed E-state index contributed by atoms with van der Waals surface area (Å²) >= 11 is 1.13. The zero-order valence-electron chi connectivity index (χ0n) is 12.9. The van der Waals surface area contributed by atoms with Crippen molar-refractivity contribution in [3.63, 3.8) is 0 Å². The Morgan fingerprint density at radius 1 is 1.59 bits per heavy atom. The average Bonchev–Trinajstić information content (AvgIpc) is 3.01. The molecule has 2 heterocycles. The topological polar surface area (TPSA) is 92.5 Å². The van der Waals surface area contributed by atoms with Crippen molar-refractivity contribution in [3.05, 3.63) is 17.5 Å². The molecule has 1 aliphatic heterocycles. The zero-order chi connectivity index (χ0) is 16.3. The van der Waals surface area contributed by atoms with Crippen LogP contribution in [-0.2, 0) is 14.8 Å². The van der Waals surface area contributed by atoms with Gasteiger partial charge in [0.05, 0.1) is 6.04 Å². The second-order valence-electron chi connectivity index (χ2n) is 5.83. The Morgan fingerprint density at radius 2 is 2.32 bits per heavy atom. The van der Waals surface area contributed by atoms with Crippen LogP contribution in [0.15, 0.2) is 21.7 Å². The molecule has 3 unspecified atom stereocenters. The van der Waals surface area contributed by atoms with E-state index in [4.69, 9.17) is 5.73 Å². The predicted octanol–water partition coefficient (Wildman–Crippen LogP) is 1.00. The summed E-state index contributed by atoms with van der Waals surface area (Å²) in [7, 11) is -3.65. The molecule has 1 saturated heterocycles. The van der Waals surface area contributed by atoms with E-state index in [1.165, 1.54) is 6.07 Å². The second kappa shape index (κ2) is 7.08. The fourth-order valence-corrected chi connectivity index (χ4v) is 4.98. The molecule has 3 atom stereocenters. The molecule has 6 nitrogen and oxygen atoms in total. The molecule has 124 valence electrons. The molecule has 1 amide bonds. The van der Waals surface area contributed by atoms with Gasteiger partial charge < -0.3 is 10.6 Å². The molecule has 0 radical (unpaired) electrons. The van der Waals surface area contributed by atoms with Crippen molar-refractivity contribution < 1.29 is 13.2 Å². The van der Waals surface area contributed by atoms with E-state index >= 15 is 0 Å². The third-order valence-electron chi connectivity index (χ3n) is 4.00. The fraction of sp³-hybridized carbons (Fsp3) is 0.643. The smallest absolute Gasteiger partial charge is 0.250 e. The molecule has 2 rings (SSSR count). The lowest BCUT2D eigenvalue weighted by Gasteiger charge is -2.39. The Morgan fingerprint density at radius 3 is 2.91 bits per heavy atom. The lowest BCUT2D eigenvalue weighted by atomic mass is 9.92. The maximum atomic E-state index is 12.6. The van der Waals surface area contributed by atoms with E-state index < -0.39 is 16.1 Å². The van der Waals surface area contributed by atoms with E-state index in [2.05, 4.69) is 11.6 Å². The number of nitrogens with one attached hydrogen (secondary N) is 1. The van der Waals surface area contributed by atoms with Crippen LogP contribution in [0.3, 0.4) is 0 Å². The average molecular weight is 345 g/mol. The number of sulfonamides is 1. The van der Waals surface area contributed by atoms with Gasteiger partial charge in [0.25, 0.3) is 10.0 Å². The number of nitrogens with zero attached hydrogens (tertiary/aromatic N) is 1.